The van der Waals surface area contributed by atoms with Crippen LogP contribution in [0.4, 0.5) is 0 Å². The van der Waals surface area contributed by atoms with Crippen LogP contribution < -0.4 is 0 Å². The summed E-state index contributed by atoms with van der Waals surface area (Å²) in [4.78, 5) is 3.86. The summed E-state index contributed by atoms with van der Waals surface area (Å²) in [5, 5.41) is 0. The summed E-state index contributed by atoms with van der Waals surface area (Å²) in [6.45, 7) is 0. The molecule has 2 heteroatoms. The van der Waals surface area contributed by atoms with Crippen LogP contribution in [-0.2, 0) is 0 Å². The van der Waals surface area contributed by atoms with E-state index in [-0.39, 0.29) is 0 Å². The van der Waals surface area contributed by atoms with E-state index in [0.717, 1.165) is 0 Å². The third kappa shape index (κ3) is 0.0854. The summed E-state index contributed by atoms with van der Waals surface area (Å²) in [7, 11) is 0. The molecule has 24 valence electrons. The Morgan fingerprint density at radius 2 is 2.60 bits per heavy atom. The average molecular weight is 83.1 g/mol. The van der Waals surface area contributed by atoms with E-state index in [2.05, 4.69) is 4.98 Å². The van der Waals surface area contributed by atoms with Crippen LogP contribution in [0.15, 0.2) is 6.20 Å². The van der Waals surface area contributed by atoms with Gasteiger partial charge in [-0.2, -0.15) is 0 Å². The second kappa shape index (κ2) is 0.337. The van der Waals surface area contributed by atoms with Crippen LogP contribution in [0.3, 0.4) is 0 Å². The Labute approximate surface area is 32.6 Å². The van der Waals surface area contributed by atoms with Gasteiger partial charge in [0.2, 0.25) is 0 Å². The number of hydrogen-bond acceptors (Lipinski definition) is 2. The molecule has 0 N–H and O–H groups in total. The Hall–Kier alpha value is -0.370. The van der Waals surface area contributed by atoms with Gasteiger partial charge in [-0.25, -0.2) is 4.98 Å². The minimum Gasteiger partial charge on any atom is -0.243 e. The van der Waals surface area contributed by atoms with E-state index in [1.807, 2.05) is 6.20 Å². The molecule has 0 amide bonds. The molecule has 0 saturated heterocycles. The normalized spacial score (nSPS) is 12.0. The van der Waals surface area contributed by atoms with Gasteiger partial charge in [-0.3, -0.25) is 0 Å². The molecule has 0 saturated carbocycles. The molecule has 0 aromatic heterocycles. The lowest BCUT2D eigenvalue weighted by Crippen LogP contribution is -1.61. The van der Waals surface area contributed by atoms with Gasteiger partial charge in [0, 0.05) is 6.20 Å². The van der Waals surface area contributed by atoms with E-state index >= 15 is 0 Å². The third-order valence-corrected chi connectivity index (χ3v) is 1.51. The zero-order valence-corrected chi connectivity index (χ0v) is 3.25. The second-order valence-corrected chi connectivity index (χ2v) is 2.06. The highest BCUT2D eigenvalue weighted by atomic mass is 32.1. The summed E-state index contributed by atoms with van der Waals surface area (Å²) in [5.74, 6) is 0. The van der Waals surface area contributed by atoms with Gasteiger partial charge in [-0.1, -0.05) is 0 Å². The fourth-order valence-corrected chi connectivity index (χ4v) is 0.775. The number of nitrogens with zero attached hydrogens (tertiary/aromatic N) is 1. The van der Waals surface area contributed by atoms with Crippen LogP contribution >= 0.6 is 11.3 Å². The summed E-state index contributed by atoms with van der Waals surface area (Å²) >= 11 is 1.77. The summed E-state index contributed by atoms with van der Waals surface area (Å²) in [6, 6.07) is 0. The standard InChI is InChI=1S/C3HNS/c1-2-3(4-1)5-2/h1H. The van der Waals surface area contributed by atoms with Crippen LogP contribution in [0.25, 0.3) is 0 Å². The minimum absolute atomic E-state index is 1.25. The van der Waals surface area contributed by atoms with Crippen LogP contribution in [0, 0.1) is 9.20 Å². The van der Waals surface area contributed by atoms with Crippen molar-refractivity contribution in [1.29, 1.82) is 0 Å². The van der Waals surface area contributed by atoms with Crippen molar-refractivity contribution in [3.63, 3.8) is 0 Å². The van der Waals surface area contributed by atoms with Crippen LogP contribution in [0.1, 0.15) is 0 Å². The molecule has 0 aliphatic carbocycles. The van der Waals surface area contributed by atoms with E-state index in [1.165, 1.54) is 9.20 Å². The maximum atomic E-state index is 3.86. The van der Waals surface area contributed by atoms with Crippen molar-refractivity contribution in [1.82, 2.24) is 4.98 Å². The van der Waals surface area contributed by atoms with Crippen molar-refractivity contribution in [2.45, 2.75) is 0 Å². The summed E-state index contributed by atoms with van der Waals surface area (Å²) in [6.07, 6.45) is 1.89. The average Bonchev–Trinajstić information content (AvgIpc) is 1.74. The van der Waals surface area contributed by atoms with Crippen molar-refractivity contribution in [2.24, 2.45) is 0 Å². The molecule has 0 radical (unpaired) electrons. The molecule has 0 aromatic rings. The molecule has 1 nitrogen and oxygen atoms in total. The quantitative estimate of drug-likeness (QED) is 0.458. The molecule has 2 aliphatic heterocycles. The van der Waals surface area contributed by atoms with Gasteiger partial charge >= 0.3 is 0 Å². The van der Waals surface area contributed by atoms with Crippen LogP contribution in [0.5, 0.6) is 0 Å². The molecule has 0 atom stereocenters. The largest absolute Gasteiger partial charge is 0.243 e. The van der Waals surface area contributed by atoms with Crippen LogP contribution in [-0.4, -0.2) is 4.98 Å². The number of hydrogen-bond donors (Lipinski definition) is 0. The number of rotatable bonds is 0. The first-order valence-electron chi connectivity index (χ1n) is 1.43. The Balaban J connectivity index is 3.52. The maximum absolute atomic E-state index is 3.86. The number of aromatic nitrogens is 1. The highest BCUT2D eigenvalue weighted by Crippen LogP contribution is 2.15. The molecule has 2 aliphatic rings. The highest BCUT2D eigenvalue weighted by molar-refractivity contribution is 7.14. The lowest BCUT2D eigenvalue weighted by molar-refractivity contribution is 1.27. The topological polar surface area (TPSA) is 12.9 Å². The van der Waals surface area contributed by atoms with Gasteiger partial charge in [0.15, 0.2) is 0 Å². The van der Waals surface area contributed by atoms with Gasteiger partial charge in [0.05, 0.1) is 4.53 Å². The Kier molecular flexibility index (Phi) is 0.130. The molecule has 0 bridgehead atoms. The van der Waals surface area contributed by atoms with Crippen molar-refractivity contribution in [2.75, 3.05) is 0 Å². The molecule has 2 heterocycles. The first-order valence-corrected chi connectivity index (χ1v) is 2.25. The smallest absolute Gasteiger partial charge is 0.135 e. The molecule has 0 unspecified atom stereocenters. The van der Waals surface area contributed by atoms with E-state index in [1.54, 1.807) is 11.3 Å². The summed E-state index contributed by atoms with van der Waals surface area (Å²) in [5.41, 5.74) is 0. The lowest BCUT2D eigenvalue weighted by atomic mass is 10.7. The molecule has 0 aromatic carbocycles. The van der Waals surface area contributed by atoms with Crippen LogP contribution in [0.2, 0.25) is 0 Å². The van der Waals surface area contributed by atoms with E-state index in [0.29, 0.717) is 0 Å². The Morgan fingerprint density at radius 3 is 2.60 bits per heavy atom. The Bertz CT molecular complexity index is 201. The zero-order chi connectivity index (χ0) is 3.28. The highest BCUT2D eigenvalue weighted by Gasteiger charge is 1.98. The Morgan fingerprint density at radius 1 is 1.80 bits per heavy atom. The van der Waals surface area contributed by atoms with Crippen molar-refractivity contribution in [3.8, 4) is 0 Å². The van der Waals surface area contributed by atoms with Gasteiger partial charge in [0.25, 0.3) is 0 Å². The van der Waals surface area contributed by atoms with Crippen molar-refractivity contribution < 1.29 is 0 Å². The monoisotopic (exact) mass is 83.0 g/mol. The fraction of sp³-hybridized carbons (Fsp3) is 0. The SMILES string of the molecule is c1nc2sc1=2. The zero-order valence-electron chi connectivity index (χ0n) is 2.43. The van der Waals surface area contributed by atoms with E-state index in [4.69, 9.17) is 0 Å². The van der Waals surface area contributed by atoms with Crippen molar-refractivity contribution in [3.05, 3.63) is 15.4 Å². The predicted octanol–water partition coefficient (Wildman–Crippen LogP) is 0.743. The lowest BCUT2D eigenvalue weighted by Gasteiger charge is -1.59. The van der Waals surface area contributed by atoms with Crippen molar-refractivity contribution >= 4 is 11.3 Å². The van der Waals surface area contributed by atoms with E-state index < -0.39 is 0 Å². The number of thiazole rings is 1. The molecular formula is C3HNS. The maximum Gasteiger partial charge on any atom is 0.135 e. The summed E-state index contributed by atoms with van der Waals surface area (Å²) < 4.78 is 2.65. The minimum atomic E-state index is 1.25. The fourth-order valence-electron chi connectivity index (χ4n) is 0.301. The molecular weight excluding hydrogens is 82.1 g/mol. The molecule has 5 heavy (non-hydrogen) atoms. The first-order chi connectivity index (χ1) is 2.47. The first kappa shape index (κ1) is 1.92. The van der Waals surface area contributed by atoms with Gasteiger partial charge < -0.3 is 0 Å². The van der Waals surface area contributed by atoms with Gasteiger partial charge in [-0.05, 0) is 0 Å². The molecule has 2 rings (SSSR count). The predicted molar refractivity (Wildman–Crippen MR) is 19.8 cm³/mol. The van der Waals surface area contributed by atoms with Gasteiger partial charge in [0.1, 0.15) is 4.66 Å². The van der Waals surface area contributed by atoms with Gasteiger partial charge in [-0.15, -0.1) is 11.3 Å². The van der Waals surface area contributed by atoms with E-state index in [9.17, 15) is 0 Å². The third-order valence-electron chi connectivity index (χ3n) is 0.675. The molecule has 0 fully saturated rings. The second-order valence-electron chi connectivity index (χ2n) is 1.03. The molecule has 0 spiro atoms.